The first-order valence-corrected chi connectivity index (χ1v) is 11.8. The van der Waals surface area contributed by atoms with Gasteiger partial charge < -0.3 is 4.57 Å². The van der Waals surface area contributed by atoms with Gasteiger partial charge in [-0.2, -0.15) is 0 Å². The SMILES string of the molecule is CSc1ccc(-c2ccc(Cn3ccc4nc(-c5cccc(Cl)c5F)nc-4c3)c(F)c2)cc1. The van der Waals surface area contributed by atoms with Crippen LogP contribution in [0.1, 0.15) is 5.56 Å². The largest absolute Gasteiger partial charge is 0.347 e. The van der Waals surface area contributed by atoms with Gasteiger partial charge in [0.2, 0.25) is 0 Å². The lowest BCUT2D eigenvalue weighted by Crippen LogP contribution is -2.03. The molecule has 0 bridgehead atoms. The first-order chi connectivity index (χ1) is 16.0. The number of halogens is 3. The van der Waals surface area contributed by atoms with Gasteiger partial charge in [0.25, 0.3) is 0 Å². The molecule has 2 aliphatic heterocycles. The van der Waals surface area contributed by atoms with E-state index in [9.17, 15) is 8.78 Å². The van der Waals surface area contributed by atoms with Gasteiger partial charge in [-0.1, -0.05) is 41.9 Å². The van der Waals surface area contributed by atoms with E-state index in [1.807, 2.05) is 47.4 Å². The highest BCUT2D eigenvalue weighted by Crippen LogP contribution is 2.30. The molecular formula is C26H18ClF2N3S. The van der Waals surface area contributed by atoms with Gasteiger partial charge in [-0.15, -0.1) is 11.8 Å². The van der Waals surface area contributed by atoms with Gasteiger partial charge in [-0.25, -0.2) is 18.7 Å². The smallest absolute Gasteiger partial charge is 0.163 e. The lowest BCUT2D eigenvalue weighted by Gasteiger charge is -2.11. The normalized spacial score (nSPS) is 11.3. The van der Waals surface area contributed by atoms with E-state index in [1.54, 1.807) is 48.3 Å². The minimum absolute atomic E-state index is 0.0236. The van der Waals surface area contributed by atoms with Crippen LogP contribution in [0.4, 0.5) is 8.78 Å². The molecule has 0 saturated carbocycles. The maximum Gasteiger partial charge on any atom is 0.163 e. The summed E-state index contributed by atoms with van der Waals surface area (Å²) in [6.07, 6.45) is 5.61. The van der Waals surface area contributed by atoms with Crippen molar-refractivity contribution >= 4 is 23.4 Å². The molecule has 0 aromatic heterocycles. The van der Waals surface area contributed by atoms with Crippen LogP contribution in [0.25, 0.3) is 33.9 Å². The Morgan fingerprint density at radius 2 is 1.67 bits per heavy atom. The fourth-order valence-corrected chi connectivity index (χ4v) is 4.27. The van der Waals surface area contributed by atoms with Crippen molar-refractivity contribution in [3.63, 3.8) is 0 Å². The molecule has 7 heteroatoms. The van der Waals surface area contributed by atoms with E-state index >= 15 is 0 Å². The summed E-state index contributed by atoms with van der Waals surface area (Å²) in [5, 5.41) is 0.0236. The molecular weight excluding hydrogens is 460 g/mol. The number of imidazole rings is 1. The molecule has 33 heavy (non-hydrogen) atoms. The zero-order valence-corrected chi connectivity index (χ0v) is 19.2. The molecule has 0 fully saturated rings. The predicted molar refractivity (Wildman–Crippen MR) is 130 cm³/mol. The van der Waals surface area contributed by atoms with Crippen LogP contribution in [0.15, 0.2) is 84.0 Å². The van der Waals surface area contributed by atoms with E-state index < -0.39 is 5.82 Å². The van der Waals surface area contributed by atoms with E-state index in [-0.39, 0.29) is 22.2 Å². The summed E-state index contributed by atoms with van der Waals surface area (Å²) in [5.41, 5.74) is 3.84. The van der Waals surface area contributed by atoms with Crippen molar-refractivity contribution in [3.05, 3.63) is 101 Å². The van der Waals surface area contributed by atoms with Gasteiger partial charge >= 0.3 is 0 Å². The maximum atomic E-state index is 14.9. The summed E-state index contributed by atoms with van der Waals surface area (Å²) in [6, 6.07) is 19.9. The molecule has 2 heterocycles. The molecule has 5 rings (SSSR count). The lowest BCUT2D eigenvalue weighted by molar-refractivity contribution is 0.599. The number of benzene rings is 3. The van der Waals surface area contributed by atoms with Crippen LogP contribution in [0.3, 0.4) is 0 Å². The second-order valence-corrected chi connectivity index (χ2v) is 8.86. The fourth-order valence-electron chi connectivity index (χ4n) is 3.68. The number of fused-ring (bicyclic) bond motifs is 1. The van der Waals surface area contributed by atoms with Crippen molar-refractivity contribution < 1.29 is 8.78 Å². The summed E-state index contributed by atoms with van der Waals surface area (Å²) in [4.78, 5) is 10.0. The van der Waals surface area contributed by atoms with Crippen molar-refractivity contribution in [2.75, 3.05) is 6.26 Å². The third-order valence-electron chi connectivity index (χ3n) is 5.45. The molecule has 0 radical (unpaired) electrons. The zero-order valence-electron chi connectivity index (χ0n) is 17.6. The van der Waals surface area contributed by atoms with Gasteiger partial charge in [-0.3, -0.25) is 0 Å². The third-order valence-corrected chi connectivity index (χ3v) is 6.48. The van der Waals surface area contributed by atoms with Gasteiger partial charge in [0.1, 0.15) is 11.5 Å². The monoisotopic (exact) mass is 477 g/mol. The quantitative estimate of drug-likeness (QED) is 0.247. The first-order valence-electron chi connectivity index (χ1n) is 10.2. The average molecular weight is 478 g/mol. The summed E-state index contributed by atoms with van der Waals surface area (Å²) in [5.74, 6) is -0.553. The van der Waals surface area contributed by atoms with Gasteiger partial charge in [0.15, 0.2) is 11.6 Å². The van der Waals surface area contributed by atoms with Crippen LogP contribution in [0, 0.1) is 11.6 Å². The maximum absolute atomic E-state index is 14.9. The molecule has 0 unspecified atom stereocenters. The van der Waals surface area contributed by atoms with Crippen LogP contribution >= 0.6 is 23.4 Å². The highest BCUT2D eigenvalue weighted by molar-refractivity contribution is 7.98. The number of hydrogen-bond acceptors (Lipinski definition) is 3. The second kappa shape index (κ2) is 8.96. The molecule has 2 aliphatic rings. The van der Waals surface area contributed by atoms with Crippen LogP contribution in [0.5, 0.6) is 0 Å². The standard InChI is InChI=1S/C26H18ClF2N3S/c1-33-19-9-7-16(8-10-19)17-5-6-18(22(28)13-17)14-32-12-11-23-24(15-32)31-26(30-23)20-3-2-4-21(27)25(20)29/h2-13,15H,14H2,1H3. The number of rotatable bonds is 5. The Kier molecular flexibility index (Phi) is 5.87. The molecule has 3 nitrogen and oxygen atoms in total. The molecule has 0 saturated heterocycles. The van der Waals surface area contributed by atoms with E-state index in [4.69, 9.17) is 11.6 Å². The second-order valence-electron chi connectivity index (χ2n) is 7.57. The van der Waals surface area contributed by atoms with E-state index in [1.165, 1.54) is 11.0 Å². The predicted octanol–water partition coefficient (Wildman–Crippen LogP) is 7.42. The molecule has 3 aromatic carbocycles. The number of pyridine rings is 1. The van der Waals surface area contributed by atoms with Crippen molar-refractivity contribution in [2.24, 2.45) is 0 Å². The van der Waals surface area contributed by atoms with Gasteiger partial charge in [-0.05, 0) is 53.8 Å². The van der Waals surface area contributed by atoms with Gasteiger partial charge in [0, 0.05) is 29.4 Å². The van der Waals surface area contributed by atoms with Crippen molar-refractivity contribution in [1.29, 1.82) is 0 Å². The van der Waals surface area contributed by atoms with E-state index in [0.29, 0.717) is 23.5 Å². The summed E-state index contributed by atoms with van der Waals surface area (Å²) < 4.78 is 31.1. The van der Waals surface area contributed by atoms with Crippen molar-refractivity contribution in [2.45, 2.75) is 11.4 Å². The highest BCUT2D eigenvalue weighted by Gasteiger charge is 2.17. The van der Waals surface area contributed by atoms with Crippen LogP contribution in [-0.4, -0.2) is 20.8 Å². The Bertz CT molecular complexity index is 1420. The molecule has 164 valence electrons. The van der Waals surface area contributed by atoms with Crippen LogP contribution < -0.4 is 0 Å². The molecule has 0 N–H and O–H groups in total. The Morgan fingerprint density at radius 3 is 2.42 bits per heavy atom. The fraction of sp³-hybridized carbons (Fsp3) is 0.0769. The molecule has 0 amide bonds. The average Bonchev–Trinajstić information content (AvgIpc) is 3.25. The number of aromatic nitrogens is 3. The Labute approximate surface area is 199 Å². The van der Waals surface area contributed by atoms with Crippen LogP contribution in [-0.2, 0) is 6.54 Å². The minimum atomic E-state index is -0.549. The first kappa shape index (κ1) is 21.6. The Balaban J connectivity index is 1.41. The Hall–Kier alpha value is -3.22. The Morgan fingerprint density at radius 1 is 0.909 bits per heavy atom. The zero-order chi connectivity index (χ0) is 22.9. The number of nitrogens with zero attached hydrogens (tertiary/aromatic N) is 3. The van der Waals surface area contributed by atoms with Crippen LogP contribution in [0.2, 0.25) is 5.02 Å². The van der Waals surface area contributed by atoms with Crippen molar-refractivity contribution in [1.82, 2.24) is 14.5 Å². The third kappa shape index (κ3) is 4.36. The molecule has 0 atom stereocenters. The van der Waals surface area contributed by atoms with E-state index in [2.05, 4.69) is 9.97 Å². The van der Waals surface area contributed by atoms with E-state index in [0.717, 1.165) is 11.1 Å². The lowest BCUT2D eigenvalue weighted by atomic mass is 10.0. The topological polar surface area (TPSA) is 30.7 Å². The van der Waals surface area contributed by atoms with Crippen molar-refractivity contribution in [3.8, 4) is 33.9 Å². The van der Waals surface area contributed by atoms with Gasteiger partial charge in [0.05, 0.1) is 16.3 Å². The summed E-state index contributed by atoms with van der Waals surface area (Å²) in [6.45, 7) is 0.335. The highest BCUT2D eigenvalue weighted by atomic mass is 35.5. The summed E-state index contributed by atoms with van der Waals surface area (Å²) >= 11 is 7.56. The number of hydrogen-bond donors (Lipinski definition) is 0. The minimum Gasteiger partial charge on any atom is -0.347 e. The number of thioether (sulfide) groups is 1. The molecule has 0 spiro atoms. The molecule has 3 aromatic rings. The summed E-state index contributed by atoms with van der Waals surface area (Å²) in [7, 11) is 0. The molecule has 0 aliphatic carbocycles.